The van der Waals surface area contributed by atoms with Crippen LogP contribution in [0.3, 0.4) is 0 Å². The van der Waals surface area contributed by atoms with Gasteiger partial charge < -0.3 is 4.40 Å². The van der Waals surface area contributed by atoms with E-state index in [1.807, 2.05) is 19.9 Å². The van der Waals surface area contributed by atoms with Crippen LogP contribution >= 0.6 is 11.3 Å². The molecule has 3 heterocycles. The van der Waals surface area contributed by atoms with Gasteiger partial charge in [-0.05, 0) is 32.4 Å². The number of thiazole rings is 1. The Morgan fingerprint density at radius 1 is 1.06 bits per heavy atom. The SMILES string of the molecule is Cc1ccc2nc(-c3sc(C)nc3C)cn2c1. The van der Waals surface area contributed by atoms with Crippen molar-refractivity contribution in [1.82, 2.24) is 14.4 Å². The van der Waals surface area contributed by atoms with Gasteiger partial charge in [0.05, 0.1) is 15.6 Å². The molecule has 0 aliphatic rings. The number of hydrogen-bond donors (Lipinski definition) is 0. The van der Waals surface area contributed by atoms with E-state index in [4.69, 9.17) is 0 Å². The Kier molecular flexibility index (Phi) is 2.26. The van der Waals surface area contributed by atoms with Crippen molar-refractivity contribution in [3.05, 3.63) is 40.8 Å². The van der Waals surface area contributed by atoms with Crippen LogP contribution in [0.5, 0.6) is 0 Å². The van der Waals surface area contributed by atoms with Crippen LogP contribution in [-0.4, -0.2) is 14.4 Å². The van der Waals surface area contributed by atoms with E-state index in [0.29, 0.717) is 0 Å². The van der Waals surface area contributed by atoms with Gasteiger partial charge in [0.25, 0.3) is 0 Å². The minimum absolute atomic E-state index is 0.982. The van der Waals surface area contributed by atoms with Crippen molar-refractivity contribution >= 4 is 17.0 Å². The molecule has 3 aromatic heterocycles. The summed E-state index contributed by atoms with van der Waals surface area (Å²) in [5.74, 6) is 0. The lowest BCUT2D eigenvalue weighted by Gasteiger charge is -1.93. The van der Waals surface area contributed by atoms with Gasteiger partial charge in [-0.3, -0.25) is 0 Å². The van der Waals surface area contributed by atoms with Crippen molar-refractivity contribution in [3.63, 3.8) is 0 Å². The molecule has 0 aliphatic heterocycles. The highest BCUT2D eigenvalue weighted by atomic mass is 32.1. The standard InChI is InChI=1S/C13H13N3S/c1-8-4-5-12-15-11(7-16(12)6-8)13-9(2)14-10(3)17-13/h4-7H,1-3H3. The van der Waals surface area contributed by atoms with E-state index >= 15 is 0 Å². The monoisotopic (exact) mass is 243 g/mol. The van der Waals surface area contributed by atoms with Crippen LogP contribution < -0.4 is 0 Å². The normalized spacial score (nSPS) is 11.2. The Hall–Kier alpha value is -1.68. The number of nitrogens with zero attached hydrogens (tertiary/aromatic N) is 3. The molecule has 4 heteroatoms. The summed E-state index contributed by atoms with van der Waals surface area (Å²) in [5.41, 5.74) is 4.29. The average Bonchev–Trinajstić information content (AvgIpc) is 2.80. The lowest BCUT2D eigenvalue weighted by atomic mass is 10.3. The van der Waals surface area contributed by atoms with Crippen molar-refractivity contribution < 1.29 is 0 Å². The smallest absolute Gasteiger partial charge is 0.137 e. The van der Waals surface area contributed by atoms with Crippen LogP contribution in [0.1, 0.15) is 16.3 Å². The molecular formula is C13H13N3S. The summed E-state index contributed by atoms with van der Waals surface area (Å²) in [4.78, 5) is 10.2. The Balaban J connectivity index is 2.21. The molecule has 3 rings (SSSR count). The van der Waals surface area contributed by atoms with Gasteiger partial charge in [-0.1, -0.05) is 6.07 Å². The fraction of sp³-hybridized carbons (Fsp3) is 0.231. The van der Waals surface area contributed by atoms with Crippen molar-refractivity contribution in [2.45, 2.75) is 20.8 Å². The highest BCUT2D eigenvalue weighted by Gasteiger charge is 2.11. The largest absolute Gasteiger partial charge is 0.306 e. The molecule has 3 nitrogen and oxygen atoms in total. The predicted molar refractivity (Wildman–Crippen MR) is 70.5 cm³/mol. The highest BCUT2D eigenvalue weighted by molar-refractivity contribution is 7.15. The molecule has 3 aromatic rings. The van der Waals surface area contributed by atoms with Gasteiger partial charge in [-0.2, -0.15) is 0 Å². The van der Waals surface area contributed by atoms with Gasteiger partial charge in [0.1, 0.15) is 11.3 Å². The maximum atomic E-state index is 4.63. The first kappa shape index (κ1) is 10.5. The average molecular weight is 243 g/mol. The quantitative estimate of drug-likeness (QED) is 0.656. The van der Waals surface area contributed by atoms with E-state index in [-0.39, 0.29) is 0 Å². The highest BCUT2D eigenvalue weighted by Crippen LogP contribution is 2.29. The number of aromatic nitrogens is 3. The molecule has 0 saturated carbocycles. The van der Waals surface area contributed by atoms with Gasteiger partial charge in [-0.15, -0.1) is 11.3 Å². The Morgan fingerprint density at radius 3 is 2.59 bits per heavy atom. The summed E-state index contributed by atoms with van der Waals surface area (Å²) < 4.78 is 2.07. The maximum Gasteiger partial charge on any atom is 0.137 e. The van der Waals surface area contributed by atoms with E-state index in [2.05, 4.69) is 39.8 Å². The number of rotatable bonds is 1. The van der Waals surface area contributed by atoms with Crippen LogP contribution in [0.15, 0.2) is 24.5 Å². The summed E-state index contributed by atoms with van der Waals surface area (Å²) in [6.45, 7) is 6.15. The zero-order chi connectivity index (χ0) is 12.0. The molecule has 17 heavy (non-hydrogen) atoms. The molecule has 0 N–H and O–H groups in total. The van der Waals surface area contributed by atoms with E-state index in [1.54, 1.807) is 11.3 Å². The van der Waals surface area contributed by atoms with Crippen molar-refractivity contribution in [1.29, 1.82) is 0 Å². The lowest BCUT2D eigenvalue weighted by molar-refractivity contribution is 1.16. The molecule has 0 bridgehead atoms. The summed E-state index contributed by atoms with van der Waals surface area (Å²) in [6, 6.07) is 4.12. The summed E-state index contributed by atoms with van der Waals surface area (Å²) >= 11 is 1.70. The van der Waals surface area contributed by atoms with Crippen LogP contribution in [-0.2, 0) is 0 Å². The van der Waals surface area contributed by atoms with Gasteiger partial charge >= 0.3 is 0 Å². The second-order valence-electron chi connectivity index (χ2n) is 4.25. The maximum absolute atomic E-state index is 4.63. The molecule has 0 unspecified atom stereocenters. The molecule has 0 radical (unpaired) electrons. The zero-order valence-corrected chi connectivity index (χ0v) is 10.9. The molecule has 0 amide bonds. The van der Waals surface area contributed by atoms with Crippen LogP contribution in [0.25, 0.3) is 16.2 Å². The third kappa shape index (κ3) is 1.74. The van der Waals surface area contributed by atoms with Gasteiger partial charge in [0, 0.05) is 12.4 Å². The summed E-state index contributed by atoms with van der Waals surface area (Å²) in [5, 5.41) is 1.09. The van der Waals surface area contributed by atoms with E-state index in [9.17, 15) is 0 Å². The molecule has 86 valence electrons. The third-order valence-corrected chi connectivity index (χ3v) is 3.83. The number of fused-ring (bicyclic) bond motifs is 1. The lowest BCUT2D eigenvalue weighted by Crippen LogP contribution is -1.82. The second-order valence-corrected chi connectivity index (χ2v) is 5.45. The van der Waals surface area contributed by atoms with Crippen molar-refractivity contribution in [3.8, 4) is 10.6 Å². The van der Waals surface area contributed by atoms with Gasteiger partial charge in [-0.25, -0.2) is 9.97 Å². The topological polar surface area (TPSA) is 30.2 Å². The van der Waals surface area contributed by atoms with Crippen molar-refractivity contribution in [2.24, 2.45) is 0 Å². The van der Waals surface area contributed by atoms with Gasteiger partial charge in [0.15, 0.2) is 0 Å². The van der Waals surface area contributed by atoms with Crippen LogP contribution in [0.4, 0.5) is 0 Å². The van der Waals surface area contributed by atoms with E-state index in [1.165, 1.54) is 10.4 Å². The first-order chi connectivity index (χ1) is 8.13. The summed E-state index contributed by atoms with van der Waals surface area (Å²) in [7, 11) is 0. The second kappa shape index (κ2) is 3.67. The number of pyridine rings is 1. The Labute approximate surface area is 104 Å². The molecule has 0 spiro atoms. The molecule has 0 saturated heterocycles. The first-order valence-corrected chi connectivity index (χ1v) is 6.35. The molecule has 0 aromatic carbocycles. The summed E-state index contributed by atoms with van der Waals surface area (Å²) in [6.07, 6.45) is 4.16. The first-order valence-electron chi connectivity index (χ1n) is 5.53. The molecule has 0 fully saturated rings. The zero-order valence-electron chi connectivity index (χ0n) is 10.1. The fourth-order valence-corrected chi connectivity index (χ4v) is 2.86. The third-order valence-electron chi connectivity index (χ3n) is 2.74. The predicted octanol–water partition coefficient (Wildman–Crippen LogP) is 3.38. The molecule has 0 aliphatic carbocycles. The molecule has 0 atom stereocenters. The van der Waals surface area contributed by atoms with Crippen LogP contribution in [0.2, 0.25) is 0 Å². The number of hydrogen-bond acceptors (Lipinski definition) is 3. The van der Waals surface area contributed by atoms with Crippen LogP contribution in [0, 0.1) is 20.8 Å². The number of aryl methyl sites for hydroxylation is 3. The van der Waals surface area contributed by atoms with Gasteiger partial charge in [0.2, 0.25) is 0 Å². The van der Waals surface area contributed by atoms with Crippen molar-refractivity contribution in [2.75, 3.05) is 0 Å². The minimum atomic E-state index is 0.982. The Bertz CT molecular complexity index is 694. The number of imidazole rings is 1. The fourth-order valence-electron chi connectivity index (χ4n) is 1.98. The van der Waals surface area contributed by atoms with E-state index < -0.39 is 0 Å². The minimum Gasteiger partial charge on any atom is -0.306 e. The van der Waals surface area contributed by atoms with E-state index in [0.717, 1.165) is 22.0 Å². The Morgan fingerprint density at radius 2 is 1.88 bits per heavy atom. The molecular weight excluding hydrogens is 230 g/mol.